The Morgan fingerprint density at radius 1 is 1.06 bits per heavy atom. The number of hydrogen-bond acceptors (Lipinski definition) is 1. The van der Waals surface area contributed by atoms with Gasteiger partial charge in [0.05, 0.1) is 0 Å². The zero-order chi connectivity index (χ0) is 11.4. The van der Waals surface area contributed by atoms with Gasteiger partial charge in [-0.05, 0) is 23.8 Å². The molecule has 0 fully saturated rings. The molecule has 0 amide bonds. The molecule has 0 unspecified atom stereocenters. The van der Waals surface area contributed by atoms with E-state index >= 15 is 0 Å². The molecule has 2 rings (SSSR count). The molecule has 1 aromatic heterocycles. The summed E-state index contributed by atoms with van der Waals surface area (Å²) in [4.78, 5) is 0. The van der Waals surface area contributed by atoms with Gasteiger partial charge in [-0.25, -0.2) is 0 Å². The number of benzene rings is 1. The fourth-order valence-corrected chi connectivity index (χ4v) is 1.72. The van der Waals surface area contributed by atoms with Crippen molar-refractivity contribution in [3.05, 3.63) is 54.4 Å². The van der Waals surface area contributed by atoms with Gasteiger partial charge in [-0.3, -0.25) is 0 Å². The average molecular weight is 214 g/mol. The SMILES string of the molecule is CC(C)NCc1ccccc1-n1cccc1. The molecule has 0 bridgehead atoms. The van der Waals surface area contributed by atoms with Gasteiger partial charge in [-0.2, -0.15) is 0 Å². The second-order valence-corrected chi connectivity index (χ2v) is 4.25. The largest absolute Gasteiger partial charge is 0.324 e. The molecular formula is C14H18N2. The Morgan fingerprint density at radius 2 is 1.75 bits per heavy atom. The monoisotopic (exact) mass is 214 g/mol. The van der Waals surface area contributed by atoms with Crippen molar-refractivity contribution < 1.29 is 0 Å². The van der Waals surface area contributed by atoms with E-state index < -0.39 is 0 Å². The maximum Gasteiger partial charge on any atom is 0.0494 e. The maximum atomic E-state index is 3.45. The van der Waals surface area contributed by atoms with E-state index in [1.165, 1.54) is 11.3 Å². The average Bonchev–Trinajstić information content (AvgIpc) is 2.80. The fraction of sp³-hybridized carbons (Fsp3) is 0.286. The molecule has 16 heavy (non-hydrogen) atoms. The first-order valence-corrected chi connectivity index (χ1v) is 5.72. The van der Waals surface area contributed by atoms with Crippen molar-refractivity contribution in [1.29, 1.82) is 0 Å². The lowest BCUT2D eigenvalue weighted by Crippen LogP contribution is -2.22. The highest BCUT2D eigenvalue weighted by atomic mass is 15.0. The van der Waals surface area contributed by atoms with Crippen LogP contribution in [0.4, 0.5) is 0 Å². The van der Waals surface area contributed by atoms with E-state index in [2.05, 4.69) is 60.4 Å². The van der Waals surface area contributed by atoms with Gasteiger partial charge in [0, 0.05) is 30.7 Å². The minimum atomic E-state index is 0.512. The first kappa shape index (κ1) is 11.0. The van der Waals surface area contributed by atoms with E-state index in [0.717, 1.165) is 6.54 Å². The third-order valence-electron chi connectivity index (χ3n) is 2.57. The van der Waals surface area contributed by atoms with E-state index in [-0.39, 0.29) is 0 Å². The van der Waals surface area contributed by atoms with Crippen LogP contribution in [0.25, 0.3) is 5.69 Å². The van der Waals surface area contributed by atoms with Crippen LogP contribution in [0.2, 0.25) is 0 Å². The summed E-state index contributed by atoms with van der Waals surface area (Å²) in [5, 5.41) is 3.45. The van der Waals surface area contributed by atoms with Crippen molar-refractivity contribution >= 4 is 0 Å². The van der Waals surface area contributed by atoms with Gasteiger partial charge in [-0.15, -0.1) is 0 Å². The zero-order valence-electron chi connectivity index (χ0n) is 9.85. The molecular weight excluding hydrogens is 196 g/mol. The minimum Gasteiger partial charge on any atom is -0.324 e. The van der Waals surface area contributed by atoms with Crippen LogP contribution < -0.4 is 5.32 Å². The number of para-hydroxylation sites is 1. The molecule has 0 spiro atoms. The van der Waals surface area contributed by atoms with Crippen molar-refractivity contribution in [2.24, 2.45) is 0 Å². The third kappa shape index (κ3) is 2.52. The Morgan fingerprint density at radius 3 is 2.44 bits per heavy atom. The zero-order valence-corrected chi connectivity index (χ0v) is 9.85. The fourth-order valence-electron chi connectivity index (χ4n) is 1.72. The predicted molar refractivity (Wildman–Crippen MR) is 67.7 cm³/mol. The Balaban J connectivity index is 2.24. The lowest BCUT2D eigenvalue weighted by Gasteiger charge is -2.13. The number of rotatable bonds is 4. The summed E-state index contributed by atoms with van der Waals surface area (Å²) < 4.78 is 2.15. The van der Waals surface area contributed by atoms with Crippen molar-refractivity contribution in [2.75, 3.05) is 0 Å². The molecule has 1 aromatic carbocycles. The molecule has 1 heterocycles. The van der Waals surface area contributed by atoms with Crippen molar-refractivity contribution in [3.63, 3.8) is 0 Å². The highest BCUT2D eigenvalue weighted by molar-refractivity contribution is 5.41. The van der Waals surface area contributed by atoms with Crippen LogP contribution in [0.3, 0.4) is 0 Å². The van der Waals surface area contributed by atoms with Crippen LogP contribution in [0, 0.1) is 0 Å². The van der Waals surface area contributed by atoms with Crippen LogP contribution >= 0.6 is 0 Å². The quantitative estimate of drug-likeness (QED) is 0.828. The van der Waals surface area contributed by atoms with Crippen LogP contribution in [0.1, 0.15) is 19.4 Å². The van der Waals surface area contributed by atoms with Crippen LogP contribution in [0.5, 0.6) is 0 Å². The molecule has 0 aliphatic heterocycles. The summed E-state index contributed by atoms with van der Waals surface area (Å²) in [6.45, 7) is 5.24. The standard InChI is InChI=1S/C14H18N2/c1-12(2)15-11-13-7-3-4-8-14(13)16-9-5-6-10-16/h3-10,12,15H,11H2,1-2H3. The highest BCUT2D eigenvalue weighted by Gasteiger charge is 2.03. The molecule has 0 aliphatic carbocycles. The highest BCUT2D eigenvalue weighted by Crippen LogP contribution is 2.14. The van der Waals surface area contributed by atoms with E-state index in [0.29, 0.717) is 6.04 Å². The minimum absolute atomic E-state index is 0.512. The molecule has 0 radical (unpaired) electrons. The molecule has 0 aliphatic rings. The van der Waals surface area contributed by atoms with Crippen molar-refractivity contribution in [1.82, 2.24) is 9.88 Å². The Kier molecular flexibility index (Phi) is 3.42. The van der Waals surface area contributed by atoms with Gasteiger partial charge >= 0.3 is 0 Å². The van der Waals surface area contributed by atoms with E-state index in [1.54, 1.807) is 0 Å². The second kappa shape index (κ2) is 4.99. The Bertz CT molecular complexity index is 430. The van der Waals surface area contributed by atoms with E-state index in [9.17, 15) is 0 Å². The topological polar surface area (TPSA) is 17.0 Å². The van der Waals surface area contributed by atoms with Gasteiger partial charge < -0.3 is 9.88 Å². The molecule has 0 saturated heterocycles. The number of hydrogen-bond donors (Lipinski definition) is 1. The van der Waals surface area contributed by atoms with Gasteiger partial charge in [0.15, 0.2) is 0 Å². The summed E-state index contributed by atoms with van der Waals surface area (Å²) in [5.41, 5.74) is 2.58. The van der Waals surface area contributed by atoms with Gasteiger partial charge in [0.1, 0.15) is 0 Å². The van der Waals surface area contributed by atoms with Crippen LogP contribution in [-0.2, 0) is 6.54 Å². The third-order valence-corrected chi connectivity index (χ3v) is 2.57. The normalized spacial score (nSPS) is 10.9. The number of aromatic nitrogens is 1. The summed E-state index contributed by atoms with van der Waals surface area (Å²) in [7, 11) is 0. The summed E-state index contributed by atoms with van der Waals surface area (Å²) >= 11 is 0. The molecule has 84 valence electrons. The lowest BCUT2D eigenvalue weighted by molar-refractivity contribution is 0.587. The van der Waals surface area contributed by atoms with Gasteiger partial charge in [-0.1, -0.05) is 32.0 Å². The van der Waals surface area contributed by atoms with Crippen LogP contribution in [0.15, 0.2) is 48.8 Å². The number of nitrogens with zero attached hydrogens (tertiary/aromatic N) is 1. The Hall–Kier alpha value is -1.54. The predicted octanol–water partition coefficient (Wildman–Crippen LogP) is 2.98. The van der Waals surface area contributed by atoms with Crippen LogP contribution in [-0.4, -0.2) is 10.6 Å². The van der Waals surface area contributed by atoms with Gasteiger partial charge in [0.25, 0.3) is 0 Å². The first-order chi connectivity index (χ1) is 7.77. The molecule has 1 N–H and O–H groups in total. The summed E-state index contributed by atoms with van der Waals surface area (Å²) in [6.07, 6.45) is 4.16. The van der Waals surface area contributed by atoms with Crippen molar-refractivity contribution in [3.8, 4) is 5.69 Å². The first-order valence-electron chi connectivity index (χ1n) is 5.72. The summed E-state index contributed by atoms with van der Waals surface area (Å²) in [6, 6.07) is 13.1. The summed E-state index contributed by atoms with van der Waals surface area (Å²) in [5.74, 6) is 0. The molecule has 2 aromatic rings. The van der Waals surface area contributed by atoms with E-state index in [1.807, 2.05) is 12.1 Å². The smallest absolute Gasteiger partial charge is 0.0494 e. The Labute approximate surface area is 96.9 Å². The maximum absolute atomic E-state index is 3.45. The molecule has 2 nitrogen and oxygen atoms in total. The molecule has 0 saturated carbocycles. The van der Waals surface area contributed by atoms with Gasteiger partial charge in [0.2, 0.25) is 0 Å². The van der Waals surface area contributed by atoms with Crippen molar-refractivity contribution in [2.45, 2.75) is 26.4 Å². The number of nitrogens with one attached hydrogen (secondary N) is 1. The van der Waals surface area contributed by atoms with E-state index in [4.69, 9.17) is 0 Å². The molecule has 2 heteroatoms. The lowest BCUT2D eigenvalue weighted by atomic mass is 10.1. The molecule has 0 atom stereocenters. The second-order valence-electron chi connectivity index (χ2n) is 4.25.